The number of benzene rings is 1. The van der Waals surface area contributed by atoms with Crippen LogP contribution in [-0.2, 0) is 21.1 Å². The van der Waals surface area contributed by atoms with E-state index in [0.29, 0.717) is 0 Å². The van der Waals surface area contributed by atoms with Crippen molar-refractivity contribution in [3.63, 3.8) is 0 Å². The van der Waals surface area contributed by atoms with Crippen LogP contribution in [0.1, 0.15) is 18.1 Å². The molecular weight excluding hydrogens is 318 g/mol. The third-order valence-corrected chi connectivity index (χ3v) is 1.47. The third kappa shape index (κ3) is 3.94. The van der Waals surface area contributed by atoms with E-state index in [4.69, 9.17) is 5.73 Å². The molecule has 0 aliphatic carbocycles. The van der Waals surface area contributed by atoms with Gasteiger partial charge in [-0.2, -0.15) is 17.7 Å². The Morgan fingerprint density at radius 1 is 1.33 bits per heavy atom. The molecule has 0 atom stereocenters. The minimum absolute atomic E-state index is 0. The molecule has 0 saturated heterocycles. The van der Waals surface area contributed by atoms with Gasteiger partial charge in [-0.3, -0.25) is 0 Å². The molecular formula is C10H15NW. The predicted molar refractivity (Wildman–Crippen MR) is 49.8 cm³/mol. The van der Waals surface area contributed by atoms with E-state index in [-0.39, 0.29) is 28.5 Å². The second-order valence-electron chi connectivity index (χ2n) is 2.55. The molecule has 2 heteroatoms. The average molecular weight is 333 g/mol. The van der Waals surface area contributed by atoms with Gasteiger partial charge in [0.2, 0.25) is 0 Å². The van der Waals surface area contributed by atoms with Crippen molar-refractivity contribution in [1.29, 1.82) is 0 Å². The van der Waals surface area contributed by atoms with Gasteiger partial charge in [-0.25, -0.2) is 0 Å². The van der Waals surface area contributed by atoms with Crippen molar-refractivity contribution in [2.24, 2.45) is 5.73 Å². The first kappa shape index (κ1) is 14.3. The number of hydrogen-bond donors (Lipinski definition) is 1. The van der Waals surface area contributed by atoms with Crippen molar-refractivity contribution in [3.05, 3.63) is 48.9 Å². The molecule has 1 aromatic rings. The number of hydrogen-bond acceptors (Lipinski definition) is 1. The Morgan fingerprint density at radius 2 is 1.92 bits per heavy atom. The summed E-state index contributed by atoms with van der Waals surface area (Å²) in [6.07, 6.45) is 0. The van der Waals surface area contributed by atoms with Crippen LogP contribution in [0.25, 0.3) is 0 Å². The molecule has 0 aliphatic rings. The molecule has 0 fully saturated rings. The van der Waals surface area contributed by atoms with Crippen molar-refractivity contribution in [3.8, 4) is 0 Å². The summed E-state index contributed by atoms with van der Waals surface area (Å²) in [5.74, 6) is 0. The van der Waals surface area contributed by atoms with Crippen LogP contribution in [0.3, 0.4) is 0 Å². The molecule has 0 spiro atoms. The van der Waals surface area contributed by atoms with Gasteiger partial charge in [0.15, 0.2) is 0 Å². The summed E-state index contributed by atoms with van der Waals surface area (Å²) in [5.41, 5.74) is 7.98. The Labute approximate surface area is 89.6 Å². The van der Waals surface area contributed by atoms with Gasteiger partial charge in [0.1, 0.15) is 0 Å². The minimum Gasteiger partial charge on any atom is -0.358 e. The summed E-state index contributed by atoms with van der Waals surface area (Å²) in [5, 5.41) is 0. The summed E-state index contributed by atoms with van der Waals surface area (Å²) >= 11 is 0. The molecule has 0 aromatic heterocycles. The maximum atomic E-state index is 5.60. The Balaban J connectivity index is 0. The van der Waals surface area contributed by atoms with Crippen molar-refractivity contribution in [2.45, 2.75) is 13.8 Å². The molecule has 0 unspecified atom stereocenters. The maximum absolute atomic E-state index is 5.60. The predicted octanol–water partition coefficient (Wildman–Crippen LogP) is 2.30. The first-order valence-electron chi connectivity index (χ1n) is 3.36. The third-order valence-electron chi connectivity index (χ3n) is 1.47. The number of rotatable bonds is 1. The van der Waals surface area contributed by atoms with Crippen LogP contribution in [0, 0.1) is 20.4 Å². The van der Waals surface area contributed by atoms with Crippen molar-refractivity contribution < 1.29 is 21.1 Å². The van der Waals surface area contributed by atoms with Crippen LogP contribution < -0.4 is 5.73 Å². The zero-order valence-corrected chi connectivity index (χ0v) is 10.7. The molecule has 1 nitrogen and oxygen atoms in total. The second kappa shape index (κ2) is 6.28. The van der Waals surface area contributed by atoms with Crippen molar-refractivity contribution in [1.82, 2.24) is 0 Å². The van der Waals surface area contributed by atoms with Gasteiger partial charge >= 0.3 is 21.1 Å². The van der Waals surface area contributed by atoms with E-state index in [1.54, 1.807) is 0 Å². The fourth-order valence-electron chi connectivity index (χ4n) is 0.890. The van der Waals surface area contributed by atoms with Crippen LogP contribution in [0.4, 0.5) is 0 Å². The molecule has 0 heterocycles. The summed E-state index contributed by atoms with van der Waals surface area (Å²) in [6.45, 7) is 3.97. The molecule has 0 amide bonds. The van der Waals surface area contributed by atoms with Crippen molar-refractivity contribution in [2.75, 3.05) is 0 Å². The van der Waals surface area contributed by atoms with Gasteiger partial charge < -0.3 is 13.2 Å². The second-order valence-corrected chi connectivity index (χ2v) is 2.55. The largest absolute Gasteiger partial charge is 2.00 e. The first-order chi connectivity index (χ1) is 4.70. The summed E-state index contributed by atoms with van der Waals surface area (Å²) in [6, 6.07) is 9.05. The zero-order chi connectivity index (χ0) is 7.56. The van der Waals surface area contributed by atoms with E-state index < -0.39 is 0 Å². The van der Waals surface area contributed by atoms with Gasteiger partial charge in [-0.15, -0.1) is 17.7 Å². The molecule has 1 rings (SSSR count). The molecule has 0 radical (unpaired) electrons. The van der Waals surface area contributed by atoms with Gasteiger partial charge in [-0.05, 0) is 0 Å². The van der Waals surface area contributed by atoms with E-state index >= 15 is 0 Å². The molecule has 2 N–H and O–H groups in total. The first-order valence-corrected chi connectivity index (χ1v) is 3.36. The Morgan fingerprint density at radius 3 is 2.25 bits per heavy atom. The standard InChI is InChI=1S/C9H12N.CH3.W/c1-7-4-3-5-9(6-7)8(2)10;;/h3-6H,10H2,1-2H3;1H3;/q2*-1;+2. The maximum Gasteiger partial charge on any atom is 2.00 e. The smallest absolute Gasteiger partial charge is 0.358 e. The molecule has 0 saturated carbocycles. The van der Waals surface area contributed by atoms with Crippen LogP contribution in [0.5, 0.6) is 0 Å². The van der Waals surface area contributed by atoms with Gasteiger partial charge in [-0.1, -0.05) is 19.9 Å². The van der Waals surface area contributed by atoms with Crippen LogP contribution in [-0.4, -0.2) is 0 Å². The molecule has 0 bridgehead atoms. The van der Waals surface area contributed by atoms with Crippen LogP contribution in [0.2, 0.25) is 0 Å². The van der Waals surface area contributed by atoms with E-state index in [2.05, 4.69) is 19.1 Å². The molecule has 1 aromatic carbocycles. The van der Waals surface area contributed by atoms with Gasteiger partial charge in [0.25, 0.3) is 0 Å². The Bertz CT molecular complexity index is 221. The topological polar surface area (TPSA) is 26.0 Å². The normalized spacial score (nSPS) is 7.92. The zero-order valence-electron chi connectivity index (χ0n) is 7.79. The monoisotopic (exact) mass is 333 g/mol. The quantitative estimate of drug-likeness (QED) is 0.785. The number of nitrogens with two attached hydrogens (primary N) is 1. The Hall–Kier alpha value is -0.262. The van der Waals surface area contributed by atoms with Crippen molar-refractivity contribution >= 4 is 0 Å². The van der Waals surface area contributed by atoms with Crippen LogP contribution >= 0.6 is 0 Å². The van der Waals surface area contributed by atoms with Crippen LogP contribution in [0.15, 0.2) is 24.3 Å². The molecule has 66 valence electrons. The average Bonchev–Trinajstić information content (AvgIpc) is 1.88. The van der Waals surface area contributed by atoms with E-state index in [1.165, 1.54) is 5.56 Å². The SMILES string of the molecule is Cc1cccc([C-](C)N)c1.[CH3-].[W+2]. The number of aryl methyl sites for hydroxylation is 1. The van der Waals surface area contributed by atoms with Gasteiger partial charge in [0, 0.05) is 0 Å². The summed E-state index contributed by atoms with van der Waals surface area (Å²) in [7, 11) is 0. The van der Waals surface area contributed by atoms with E-state index in [9.17, 15) is 0 Å². The summed E-state index contributed by atoms with van der Waals surface area (Å²) in [4.78, 5) is 0. The molecule has 0 aliphatic heterocycles. The van der Waals surface area contributed by atoms with E-state index in [1.807, 2.05) is 19.1 Å². The van der Waals surface area contributed by atoms with E-state index in [0.717, 1.165) is 11.6 Å². The Kier molecular flexibility index (Phi) is 7.46. The van der Waals surface area contributed by atoms with Gasteiger partial charge in [0.05, 0.1) is 0 Å². The molecule has 12 heavy (non-hydrogen) atoms. The minimum atomic E-state index is 0. The summed E-state index contributed by atoms with van der Waals surface area (Å²) < 4.78 is 0. The fourth-order valence-corrected chi connectivity index (χ4v) is 0.890. The fraction of sp³-hybridized carbons (Fsp3) is 0.200.